The molecule has 0 aliphatic rings. The average molecular weight is 483 g/mol. The minimum atomic E-state index is -0.306. The molecule has 0 saturated carbocycles. The first-order chi connectivity index (χ1) is 18.0. The number of nitrogens with zero attached hydrogens (tertiary/aromatic N) is 2. The number of hydrogen-bond acceptors (Lipinski definition) is 4. The summed E-state index contributed by atoms with van der Waals surface area (Å²) in [6, 6.07) is 36.1. The van der Waals surface area contributed by atoms with Crippen LogP contribution in [0.15, 0.2) is 120 Å². The second kappa shape index (κ2) is 9.07. The van der Waals surface area contributed by atoms with Gasteiger partial charge in [-0.1, -0.05) is 86.6 Å². The minimum Gasteiger partial charge on any atom is -0.507 e. The Balaban J connectivity index is 1.63. The highest BCUT2D eigenvalue weighted by Gasteiger charge is 2.29. The van der Waals surface area contributed by atoms with Crippen molar-refractivity contribution in [1.82, 2.24) is 9.97 Å². The number of aromatic nitrogens is 2. The lowest BCUT2D eigenvalue weighted by atomic mass is 9.74. The number of oxazole rings is 1. The zero-order valence-corrected chi connectivity index (χ0v) is 20.7. The van der Waals surface area contributed by atoms with E-state index >= 15 is 0 Å². The molecule has 4 aromatic carbocycles. The highest BCUT2D eigenvalue weighted by molar-refractivity contribution is 5.96. The lowest BCUT2D eigenvalue weighted by Crippen LogP contribution is -2.20. The molecule has 2 heterocycles. The van der Waals surface area contributed by atoms with Gasteiger partial charge in [0, 0.05) is 22.7 Å². The molecule has 6 aromatic rings. The molecular weight excluding hydrogens is 456 g/mol. The van der Waals surface area contributed by atoms with Gasteiger partial charge in [-0.2, -0.15) is 0 Å². The summed E-state index contributed by atoms with van der Waals surface area (Å²) in [4.78, 5) is 9.50. The van der Waals surface area contributed by atoms with E-state index in [1.165, 1.54) is 5.56 Å². The van der Waals surface area contributed by atoms with Crippen molar-refractivity contribution in [3.05, 3.63) is 127 Å². The van der Waals surface area contributed by atoms with Crippen LogP contribution in [0.1, 0.15) is 25.0 Å². The van der Waals surface area contributed by atoms with Crippen molar-refractivity contribution in [1.29, 1.82) is 0 Å². The second-order valence-corrected chi connectivity index (χ2v) is 9.66. The molecule has 6 rings (SSSR count). The summed E-state index contributed by atoms with van der Waals surface area (Å²) in [5, 5.41) is 10.5. The van der Waals surface area contributed by atoms with Crippen LogP contribution in [0.5, 0.6) is 5.75 Å². The van der Waals surface area contributed by atoms with Crippen LogP contribution in [0.3, 0.4) is 0 Å². The zero-order valence-electron chi connectivity index (χ0n) is 20.7. The minimum absolute atomic E-state index is 0.137. The van der Waals surface area contributed by atoms with Gasteiger partial charge >= 0.3 is 0 Å². The predicted octanol–water partition coefficient (Wildman–Crippen LogP) is 8.26. The van der Waals surface area contributed by atoms with Crippen LogP contribution in [-0.2, 0) is 5.41 Å². The fourth-order valence-corrected chi connectivity index (χ4v) is 4.95. The maximum atomic E-state index is 10.5. The number of rotatable bonds is 5. The van der Waals surface area contributed by atoms with Crippen molar-refractivity contribution in [3.63, 3.8) is 0 Å². The maximum Gasteiger partial charge on any atom is 0.231 e. The van der Waals surface area contributed by atoms with Crippen molar-refractivity contribution in [2.75, 3.05) is 0 Å². The first kappa shape index (κ1) is 22.7. The number of hydrogen-bond donors (Lipinski definition) is 1. The SMILES string of the molecule is CC(C)(c1ccccc1)c1ccc2oc(-c3ccccc3O)nc2c1-c1cccc(-c2ccccn2)c1. The molecule has 0 fully saturated rings. The Bertz CT molecular complexity index is 1700. The molecule has 2 aromatic heterocycles. The van der Waals surface area contributed by atoms with E-state index in [-0.39, 0.29) is 11.2 Å². The van der Waals surface area contributed by atoms with Gasteiger partial charge in [0.2, 0.25) is 5.89 Å². The van der Waals surface area contributed by atoms with Crippen LogP contribution in [-0.4, -0.2) is 15.1 Å². The van der Waals surface area contributed by atoms with Gasteiger partial charge in [-0.05, 0) is 53.1 Å². The molecule has 0 spiro atoms. The molecule has 4 nitrogen and oxygen atoms in total. The summed E-state index contributed by atoms with van der Waals surface area (Å²) in [5.74, 6) is 0.530. The van der Waals surface area contributed by atoms with Gasteiger partial charge in [0.1, 0.15) is 11.3 Å². The van der Waals surface area contributed by atoms with Gasteiger partial charge in [0.15, 0.2) is 5.58 Å². The van der Waals surface area contributed by atoms with Crippen molar-refractivity contribution < 1.29 is 9.52 Å². The molecule has 1 N–H and O–H groups in total. The smallest absolute Gasteiger partial charge is 0.231 e. The fourth-order valence-electron chi connectivity index (χ4n) is 4.95. The summed E-state index contributed by atoms with van der Waals surface area (Å²) in [6.07, 6.45) is 1.81. The zero-order chi connectivity index (χ0) is 25.4. The van der Waals surface area contributed by atoms with Crippen LogP contribution in [0.2, 0.25) is 0 Å². The van der Waals surface area contributed by atoms with Gasteiger partial charge in [0.25, 0.3) is 0 Å². The van der Waals surface area contributed by atoms with Crippen LogP contribution < -0.4 is 0 Å². The van der Waals surface area contributed by atoms with Gasteiger partial charge in [-0.3, -0.25) is 4.98 Å². The number of aromatic hydroxyl groups is 1. The molecule has 0 aliphatic heterocycles. The molecule has 0 amide bonds. The monoisotopic (exact) mass is 482 g/mol. The number of benzene rings is 4. The molecule has 0 saturated heterocycles. The Hall–Kier alpha value is -4.70. The van der Waals surface area contributed by atoms with Crippen LogP contribution in [0.25, 0.3) is 44.9 Å². The summed E-state index contributed by atoms with van der Waals surface area (Å²) in [6.45, 7) is 4.47. The van der Waals surface area contributed by atoms with Crippen molar-refractivity contribution in [3.8, 4) is 39.6 Å². The van der Waals surface area contributed by atoms with E-state index in [1.54, 1.807) is 12.1 Å². The molecule has 37 heavy (non-hydrogen) atoms. The third-order valence-corrected chi connectivity index (χ3v) is 6.98. The third kappa shape index (κ3) is 4.07. The molecule has 4 heteroatoms. The summed E-state index contributed by atoms with van der Waals surface area (Å²) >= 11 is 0. The van der Waals surface area contributed by atoms with E-state index in [0.29, 0.717) is 17.0 Å². The van der Waals surface area contributed by atoms with Gasteiger partial charge in [-0.25, -0.2) is 4.98 Å². The third-order valence-electron chi connectivity index (χ3n) is 6.98. The number of fused-ring (bicyclic) bond motifs is 1. The quantitative estimate of drug-likeness (QED) is 0.269. The van der Waals surface area contributed by atoms with Crippen molar-refractivity contribution >= 4 is 11.1 Å². The highest BCUT2D eigenvalue weighted by atomic mass is 16.3. The number of phenols is 1. The Kier molecular flexibility index (Phi) is 5.57. The topological polar surface area (TPSA) is 59.2 Å². The molecule has 0 radical (unpaired) electrons. The van der Waals surface area contributed by atoms with E-state index < -0.39 is 0 Å². The first-order valence-electron chi connectivity index (χ1n) is 12.3. The molecule has 0 bridgehead atoms. The van der Waals surface area contributed by atoms with Gasteiger partial charge < -0.3 is 9.52 Å². The number of phenolic OH excluding ortho intramolecular Hbond substituents is 1. The average Bonchev–Trinajstić information content (AvgIpc) is 3.38. The van der Waals surface area contributed by atoms with E-state index in [2.05, 4.69) is 73.4 Å². The second-order valence-electron chi connectivity index (χ2n) is 9.66. The van der Waals surface area contributed by atoms with Crippen molar-refractivity contribution in [2.24, 2.45) is 0 Å². The van der Waals surface area contributed by atoms with E-state index in [4.69, 9.17) is 9.40 Å². The fraction of sp³-hybridized carbons (Fsp3) is 0.0909. The molecule has 0 unspecified atom stereocenters. The Morgan fingerprint density at radius 2 is 1.49 bits per heavy atom. The van der Waals surface area contributed by atoms with Gasteiger partial charge in [-0.15, -0.1) is 0 Å². The summed E-state index contributed by atoms with van der Waals surface area (Å²) < 4.78 is 6.20. The van der Waals surface area contributed by atoms with E-state index in [9.17, 15) is 5.11 Å². The first-order valence-corrected chi connectivity index (χ1v) is 12.3. The Labute approximate surface area is 215 Å². The van der Waals surface area contributed by atoms with Crippen LogP contribution in [0, 0.1) is 0 Å². The Morgan fingerprint density at radius 3 is 2.27 bits per heavy atom. The van der Waals surface area contributed by atoms with E-state index in [0.717, 1.165) is 33.5 Å². The van der Waals surface area contributed by atoms with Crippen LogP contribution in [0.4, 0.5) is 0 Å². The Morgan fingerprint density at radius 1 is 0.730 bits per heavy atom. The number of pyridine rings is 1. The largest absolute Gasteiger partial charge is 0.507 e. The maximum absolute atomic E-state index is 10.5. The number of para-hydroxylation sites is 1. The van der Waals surface area contributed by atoms with E-state index in [1.807, 2.05) is 48.7 Å². The van der Waals surface area contributed by atoms with Crippen molar-refractivity contribution in [2.45, 2.75) is 19.3 Å². The normalized spacial score (nSPS) is 11.6. The predicted molar refractivity (Wildman–Crippen MR) is 148 cm³/mol. The lowest BCUT2D eigenvalue weighted by molar-refractivity contribution is 0.474. The molecule has 0 aliphatic carbocycles. The molecule has 180 valence electrons. The molecular formula is C33H26N2O2. The standard InChI is InChI=1S/C33H26N2O2/c1-33(2,24-13-4-3-5-14-24)26-18-19-29-31(35-32(37-29)25-15-6-7-17-28(25)36)30(26)23-12-10-11-22(21-23)27-16-8-9-20-34-27/h3-21,36H,1-2H3. The molecule has 0 atom stereocenters. The summed E-state index contributed by atoms with van der Waals surface area (Å²) in [5.41, 5.74) is 8.03. The lowest BCUT2D eigenvalue weighted by Gasteiger charge is -2.29. The highest BCUT2D eigenvalue weighted by Crippen LogP contribution is 2.43. The van der Waals surface area contributed by atoms with Gasteiger partial charge in [0.05, 0.1) is 11.3 Å². The summed E-state index contributed by atoms with van der Waals surface area (Å²) in [7, 11) is 0. The van der Waals surface area contributed by atoms with Crippen LogP contribution >= 0.6 is 0 Å².